The molecule has 2 aromatic rings. The number of benzene rings is 1. The summed E-state index contributed by atoms with van der Waals surface area (Å²) in [6, 6.07) is 9.21. The maximum absolute atomic E-state index is 10.6. The Labute approximate surface area is 127 Å². The van der Waals surface area contributed by atoms with E-state index in [9.17, 15) is 9.59 Å². The molecule has 1 heterocycles. The molecule has 1 aromatic heterocycles. The minimum absolute atomic E-state index is 0.0319. The number of nitrogens with zero attached hydrogens (tertiary/aromatic N) is 1. The summed E-state index contributed by atoms with van der Waals surface area (Å²) in [5, 5.41) is 3.15. The van der Waals surface area contributed by atoms with Crippen molar-refractivity contribution >= 4 is 29.7 Å². The predicted octanol–water partition coefficient (Wildman–Crippen LogP) is 3.22. The van der Waals surface area contributed by atoms with Gasteiger partial charge in [-0.25, -0.2) is 0 Å². The van der Waals surface area contributed by atoms with E-state index in [1.807, 2.05) is 31.2 Å². The summed E-state index contributed by atoms with van der Waals surface area (Å²) in [5.41, 5.74) is 2.01. The van der Waals surface area contributed by atoms with Gasteiger partial charge in [0.15, 0.2) is 0 Å². The number of hydrogen-bond acceptors (Lipinski definition) is 4. The van der Waals surface area contributed by atoms with Crippen LogP contribution in [-0.4, -0.2) is 17.4 Å². The van der Waals surface area contributed by atoms with Gasteiger partial charge < -0.3 is 10.1 Å². The van der Waals surface area contributed by atoms with Gasteiger partial charge in [-0.05, 0) is 24.6 Å². The van der Waals surface area contributed by atoms with E-state index >= 15 is 0 Å². The van der Waals surface area contributed by atoms with Gasteiger partial charge in [0.2, 0.25) is 5.91 Å². The third kappa shape index (κ3) is 7.08. The van der Waals surface area contributed by atoms with Gasteiger partial charge in [0.1, 0.15) is 5.75 Å². The molecule has 0 fully saturated rings. The Morgan fingerprint density at radius 3 is 2.67 bits per heavy atom. The van der Waals surface area contributed by atoms with Gasteiger partial charge in [-0.2, -0.15) is 0 Å². The molecule has 0 aliphatic carbocycles. The van der Waals surface area contributed by atoms with Gasteiger partial charge in [0, 0.05) is 24.9 Å². The number of ether oxygens (including phenoxy) is 1. The number of carbonyl (C=O) groups excluding carboxylic acids is 2. The summed E-state index contributed by atoms with van der Waals surface area (Å²) >= 11 is 5.52. The van der Waals surface area contributed by atoms with E-state index in [4.69, 9.17) is 11.6 Å². The molecule has 1 amide bonds. The molecule has 0 saturated carbocycles. The first kappa shape index (κ1) is 16.7. The molecule has 0 aliphatic heterocycles. The first-order chi connectivity index (χ1) is 10.0. The molecule has 1 aromatic carbocycles. The highest BCUT2D eigenvalue weighted by atomic mass is 35.5. The first-order valence-electron chi connectivity index (χ1n) is 6.06. The van der Waals surface area contributed by atoms with Crippen molar-refractivity contribution in [1.29, 1.82) is 0 Å². The summed E-state index contributed by atoms with van der Waals surface area (Å²) in [7, 11) is 0. The van der Waals surface area contributed by atoms with E-state index in [0.717, 1.165) is 11.3 Å². The number of hydrogen-bond donors (Lipinski definition) is 1. The molecule has 110 valence electrons. The topological polar surface area (TPSA) is 68.3 Å². The van der Waals surface area contributed by atoms with Crippen molar-refractivity contribution in [3.8, 4) is 5.75 Å². The third-order valence-electron chi connectivity index (χ3n) is 2.20. The van der Waals surface area contributed by atoms with Crippen LogP contribution in [0.1, 0.15) is 12.5 Å². The standard InChI is InChI=1S/C9H11NO.C6H4ClNO2/c1-7-4-3-5-9(6-7)10-8(2)11;7-5-1-6(10-4-9)3-8-2-5/h3-6H,1-2H3,(H,10,11);1-4H. The Hall–Kier alpha value is -2.40. The highest BCUT2D eigenvalue weighted by Gasteiger charge is 1.93. The molecule has 0 atom stereocenters. The second-order valence-electron chi connectivity index (χ2n) is 4.10. The van der Waals surface area contributed by atoms with E-state index in [1.165, 1.54) is 25.4 Å². The van der Waals surface area contributed by atoms with Crippen LogP contribution in [-0.2, 0) is 9.59 Å². The number of pyridine rings is 1. The molecule has 6 heteroatoms. The fourth-order valence-electron chi connectivity index (χ4n) is 1.44. The molecule has 0 radical (unpaired) electrons. The Balaban J connectivity index is 0.000000211. The molecule has 0 unspecified atom stereocenters. The van der Waals surface area contributed by atoms with E-state index in [0.29, 0.717) is 17.2 Å². The number of aromatic nitrogens is 1. The van der Waals surface area contributed by atoms with Crippen molar-refractivity contribution in [2.75, 3.05) is 5.32 Å². The number of amides is 1. The monoisotopic (exact) mass is 306 g/mol. The van der Waals surface area contributed by atoms with Crippen molar-refractivity contribution in [3.63, 3.8) is 0 Å². The molecule has 0 bridgehead atoms. The van der Waals surface area contributed by atoms with Crippen LogP contribution in [0.3, 0.4) is 0 Å². The number of anilines is 1. The van der Waals surface area contributed by atoms with E-state index in [-0.39, 0.29) is 5.91 Å². The quantitative estimate of drug-likeness (QED) is 0.884. The Morgan fingerprint density at radius 2 is 2.10 bits per heavy atom. The summed E-state index contributed by atoms with van der Waals surface area (Å²) in [6.07, 6.45) is 2.86. The lowest BCUT2D eigenvalue weighted by Gasteiger charge is -2.01. The van der Waals surface area contributed by atoms with Gasteiger partial charge in [-0.3, -0.25) is 14.6 Å². The molecule has 21 heavy (non-hydrogen) atoms. The van der Waals surface area contributed by atoms with Gasteiger partial charge in [0.25, 0.3) is 6.47 Å². The minimum Gasteiger partial charge on any atom is -0.427 e. The Kier molecular flexibility index (Phi) is 6.91. The summed E-state index contributed by atoms with van der Waals surface area (Å²) in [4.78, 5) is 24.1. The van der Waals surface area contributed by atoms with Gasteiger partial charge >= 0.3 is 0 Å². The zero-order valence-corrected chi connectivity index (χ0v) is 12.4. The second kappa shape index (κ2) is 8.71. The van der Waals surface area contributed by atoms with Gasteiger partial charge in [0.05, 0.1) is 11.2 Å². The van der Waals surface area contributed by atoms with Crippen LogP contribution < -0.4 is 10.1 Å². The molecular formula is C15H15ClN2O3. The van der Waals surface area contributed by atoms with Crippen LogP contribution in [0, 0.1) is 6.92 Å². The largest absolute Gasteiger partial charge is 0.427 e. The average Bonchev–Trinajstić information content (AvgIpc) is 2.39. The van der Waals surface area contributed by atoms with Gasteiger partial charge in [-0.1, -0.05) is 23.7 Å². The zero-order chi connectivity index (χ0) is 15.7. The van der Waals surface area contributed by atoms with Crippen LogP contribution in [0.5, 0.6) is 5.75 Å². The third-order valence-corrected chi connectivity index (χ3v) is 2.41. The van der Waals surface area contributed by atoms with Crippen LogP contribution in [0.25, 0.3) is 0 Å². The van der Waals surface area contributed by atoms with Crippen molar-refractivity contribution in [3.05, 3.63) is 53.3 Å². The number of carbonyl (C=O) groups is 2. The number of halogens is 1. The number of aryl methyl sites for hydroxylation is 1. The highest BCUT2D eigenvalue weighted by Crippen LogP contribution is 2.13. The zero-order valence-electron chi connectivity index (χ0n) is 11.7. The summed E-state index contributed by atoms with van der Waals surface area (Å²) in [6.45, 7) is 3.82. The van der Waals surface area contributed by atoms with Crippen molar-refractivity contribution in [1.82, 2.24) is 4.98 Å². The smallest absolute Gasteiger partial charge is 0.298 e. The maximum atomic E-state index is 10.6. The minimum atomic E-state index is -0.0319. The second-order valence-corrected chi connectivity index (χ2v) is 4.54. The molecule has 2 rings (SSSR count). The van der Waals surface area contributed by atoms with E-state index in [2.05, 4.69) is 15.0 Å². The van der Waals surface area contributed by atoms with Crippen LogP contribution in [0.15, 0.2) is 42.7 Å². The fourth-order valence-corrected chi connectivity index (χ4v) is 1.60. The van der Waals surface area contributed by atoms with Crippen molar-refractivity contribution in [2.24, 2.45) is 0 Å². The molecule has 0 saturated heterocycles. The van der Waals surface area contributed by atoms with E-state index in [1.54, 1.807) is 0 Å². The average molecular weight is 307 g/mol. The molecule has 5 nitrogen and oxygen atoms in total. The molecule has 1 N–H and O–H groups in total. The Morgan fingerprint density at radius 1 is 1.33 bits per heavy atom. The van der Waals surface area contributed by atoms with Gasteiger partial charge in [-0.15, -0.1) is 0 Å². The normalized spacial score (nSPS) is 9.10. The SMILES string of the molecule is CC(=O)Nc1cccc(C)c1.O=COc1cncc(Cl)c1. The van der Waals surface area contributed by atoms with Crippen molar-refractivity contribution in [2.45, 2.75) is 13.8 Å². The maximum Gasteiger partial charge on any atom is 0.298 e. The highest BCUT2D eigenvalue weighted by molar-refractivity contribution is 6.30. The van der Waals surface area contributed by atoms with Crippen LogP contribution >= 0.6 is 11.6 Å². The lowest BCUT2D eigenvalue weighted by atomic mass is 10.2. The predicted molar refractivity (Wildman–Crippen MR) is 81.4 cm³/mol. The number of rotatable bonds is 3. The number of nitrogens with one attached hydrogen (secondary N) is 1. The summed E-state index contributed by atoms with van der Waals surface area (Å²) in [5.74, 6) is 0.318. The molecule has 0 aliphatic rings. The Bertz CT molecular complexity index is 617. The van der Waals surface area contributed by atoms with Crippen LogP contribution in [0.4, 0.5) is 5.69 Å². The molecule has 0 spiro atoms. The fraction of sp³-hybridized carbons (Fsp3) is 0.133. The van der Waals surface area contributed by atoms with Crippen LogP contribution in [0.2, 0.25) is 5.02 Å². The lowest BCUT2D eigenvalue weighted by molar-refractivity contribution is -0.120. The van der Waals surface area contributed by atoms with Crippen molar-refractivity contribution < 1.29 is 14.3 Å². The lowest BCUT2D eigenvalue weighted by Crippen LogP contribution is -2.05. The van der Waals surface area contributed by atoms with E-state index < -0.39 is 0 Å². The summed E-state index contributed by atoms with van der Waals surface area (Å²) < 4.78 is 4.46. The molecular weight excluding hydrogens is 292 g/mol. The first-order valence-corrected chi connectivity index (χ1v) is 6.44.